The van der Waals surface area contributed by atoms with Gasteiger partial charge in [-0.15, -0.1) is 0 Å². The van der Waals surface area contributed by atoms with Gasteiger partial charge in [-0.2, -0.15) is 0 Å². The topological polar surface area (TPSA) is 71.1 Å². The fourth-order valence-electron chi connectivity index (χ4n) is 5.00. The third-order valence-electron chi connectivity index (χ3n) is 6.34. The van der Waals surface area contributed by atoms with E-state index < -0.39 is 24.1 Å². The molecule has 6 heteroatoms. The van der Waals surface area contributed by atoms with Gasteiger partial charge >= 0.3 is 11.9 Å². The molecule has 0 radical (unpaired) electrons. The van der Waals surface area contributed by atoms with Gasteiger partial charge < -0.3 is 18.9 Å². The Labute approximate surface area is 194 Å². The molecule has 2 bridgehead atoms. The van der Waals surface area contributed by atoms with Crippen molar-refractivity contribution in [2.24, 2.45) is 0 Å². The van der Waals surface area contributed by atoms with Crippen molar-refractivity contribution in [1.29, 1.82) is 0 Å². The highest BCUT2D eigenvalue weighted by Gasteiger charge is 2.43. The lowest BCUT2D eigenvalue weighted by molar-refractivity contribution is -0.144. The minimum atomic E-state index is -0.463. The average Bonchev–Trinajstić information content (AvgIpc) is 3.43. The quantitative estimate of drug-likeness (QED) is 0.366. The Balaban J connectivity index is 1.68. The van der Waals surface area contributed by atoms with Crippen LogP contribution in [0.15, 0.2) is 49.6 Å². The molecule has 174 valence electrons. The predicted molar refractivity (Wildman–Crippen MR) is 126 cm³/mol. The molecular weight excluding hydrogens is 420 g/mol. The number of carbonyl (C=O) groups is 2. The highest BCUT2D eigenvalue weighted by molar-refractivity contribution is 5.97. The lowest BCUT2D eigenvalue weighted by atomic mass is 9.87. The largest absolute Gasteiger partial charge is 0.489 e. The number of hydrogen-bond acceptors (Lipinski definition) is 6. The molecule has 0 aromatic heterocycles. The standard InChI is InChI=1S/C27H30O6/c1-5-22(28)32-16(3)14-30-26-20-9-7-8-10-21(20)27(31-15-17(4)33-23(29)6-2)25-19-12-11-18(13-19)24(25)26/h5-10,16-19H,1-2,11-15H2,3-4H3. The number of benzene rings is 2. The summed E-state index contributed by atoms with van der Waals surface area (Å²) in [5.41, 5.74) is 2.41. The van der Waals surface area contributed by atoms with E-state index in [-0.39, 0.29) is 13.2 Å². The fraction of sp³-hybridized carbons (Fsp3) is 0.407. The molecule has 0 N–H and O–H groups in total. The average molecular weight is 451 g/mol. The molecule has 1 fully saturated rings. The second-order valence-electron chi connectivity index (χ2n) is 8.76. The van der Waals surface area contributed by atoms with Crippen molar-refractivity contribution in [3.8, 4) is 11.5 Å². The molecule has 4 unspecified atom stereocenters. The lowest BCUT2D eigenvalue weighted by Gasteiger charge is -2.26. The van der Waals surface area contributed by atoms with E-state index in [4.69, 9.17) is 18.9 Å². The number of ether oxygens (including phenoxy) is 4. The molecule has 0 spiro atoms. The smallest absolute Gasteiger partial charge is 0.330 e. The van der Waals surface area contributed by atoms with E-state index in [1.165, 1.54) is 11.1 Å². The number of hydrogen-bond donors (Lipinski definition) is 0. The molecule has 0 heterocycles. The Morgan fingerprint density at radius 2 is 1.30 bits per heavy atom. The Hall–Kier alpha value is -3.28. The molecule has 4 rings (SSSR count). The van der Waals surface area contributed by atoms with Gasteiger partial charge in [-0.1, -0.05) is 37.4 Å². The van der Waals surface area contributed by atoms with E-state index in [1.54, 1.807) is 13.8 Å². The summed E-state index contributed by atoms with van der Waals surface area (Å²) in [5, 5.41) is 1.94. The van der Waals surface area contributed by atoms with Gasteiger partial charge in [-0.3, -0.25) is 0 Å². The maximum absolute atomic E-state index is 11.5. The van der Waals surface area contributed by atoms with Crippen molar-refractivity contribution in [2.75, 3.05) is 13.2 Å². The van der Waals surface area contributed by atoms with E-state index in [0.717, 1.165) is 53.7 Å². The normalized spacial score (nSPS) is 19.9. The van der Waals surface area contributed by atoms with Crippen LogP contribution in [0.4, 0.5) is 0 Å². The summed E-state index contributed by atoms with van der Waals surface area (Å²) >= 11 is 0. The summed E-state index contributed by atoms with van der Waals surface area (Å²) in [5.74, 6) is 1.63. The minimum absolute atomic E-state index is 0.252. The van der Waals surface area contributed by atoms with Gasteiger partial charge in [0.05, 0.1) is 0 Å². The summed E-state index contributed by atoms with van der Waals surface area (Å²) in [6, 6.07) is 8.03. The summed E-state index contributed by atoms with van der Waals surface area (Å²) in [6.45, 7) is 11.0. The van der Waals surface area contributed by atoms with Crippen LogP contribution >= 0.6 is 0 Å². The zero-order valence-corrected chi connectivity index (χ0v) is 19.2. The summed E-state index contributed by atoms with van der Waals surface area (Å²) in [4.78, 5) is 23.1. The van der Waals surface area contributed by atoms with Gasteiger partial charge in [0.15, 0.2) is 0 Å². The van der Waals surface area contributed by atoms with Crippen LogP contribution in [-0.4, -0.2) is 37.4 Å². The maximum Gasteiger partial charge on any atom is 0.330 e. The van der Waals surface area contributed by atoms with Gasteiger partial charge in [0, 0.05) is 34.1 Å². The third-order valence-corrected chi connectivity index (χ3v) is 6.34. The first-order valence-electron chi connectivity index (χ1n) is 11.4. The molecule has 4 atom stereocenters. The van der Waals surface area contributed by atoms with Gasteiger partial charge in [-0.05, 0) is 44.9 Å². The molecular formula is C27H30O6. The molecule has 0 saturated heterocycles. The van der Waals surface area contributed by atoms with Crippen molar-refractivity contribution in [3.63, 3.8) is 0 Å². The highest BCUT2D eigenvalue weighted by atomic mass is 16.6. The van der Waals surface area contributed by atoms with Crippen LogP contribution in [0.2, 0.25) is 0 Å². The minimum Gasteiger partial charge on any atom is -0.489 e. The molecule has 2 aliphatic carbocycles. The molecule has 1 saturated carbocycles. The van der Waals surface area contributed by atoms with Crippen molar-refractivity contribution < 1.29 is 28.5 Å². The Morgan fingerprint density at radius 3 is 1.70 bits per heavy atom. The molecule has 2 aromatic rings. The van der Waals surface area contributed by atoms with Crippen LogP contribution in [0.3, 0.4) is 0 Å². The van der Waals surface area contributed by atoms with Crippen molar-refractivity contribution >= 4 is 22.7 Å². The molecule has 6 nitrogen and oxygen atoms in total. The Morgan fingerprint density at radius 1 is 0.879 bits per heavy atom. The molecule has 0 aliphatic heterocycles. The van der Waals surface area contributed by atoms with Gasteiger partial charge in [0.1, 0.15) is 36.9 Å². The molecule has 2 aromatic carbocycles. The first-order chi connectivity index (χ1) is 15.9. The first kappa shape index (κ1) is 22.9. The highest BCUT2D eigenvalue weighted by Crippen LogP contribution is 2.61. The first-order valence-corrected chi connectivity index (χ1v) is 11.4. The van der Waals surface area contributed by atoms with Crippen LogP contribution < -0.4 is 9.47 Å². The molecule has 33 heavy (non-hydrogen) atoms. The summed E-state index contributed by atoms with van der Waals surface area (Å²) in [7, 11) is 0. The van der Waals surface area contributed by atoms with Gasteiger partial charge in [-0.25, -0.2) is 9.59 Å². The molecule has 2 aliphatic rings. The number of esters is 2. The van der Waals surface area contributed by atoms with Crippen molar-refractivity contribution in [1.82, 2.24) is 0 Å². The number of carbonyl (C=O) groups excluding carboxylic acids is 2. The second kappa shape index (κ2) is 9.69. The van der Waals surface area contributed by atoms with Crippen LogP contribution in [0.25, 0.3) is 10.8 Å². The van der Waals surface area contributed by atoms with Gasteiger partial charge in [0.2, 0.25) is 0 Å². The van der Waals surface area contributed by atoms with Crippen molar-refractivity contribution in [3.05, 3.63) is 60.7 Å². The van der Waals surface area contributed by atoms with E-state index in [9.17, 15) is 9.59 Å². The Kier molecular flexibility index (Phi) is 6.72. The van der Waals surface area contributed by atoms with E-state index in [0.29, 0.717) is 11.8 Å². The van der Waals surface area contributed by atoms with Gasteiger partial charge in [0.25, 0.3) is 0 Å². The Bertz CT molecular complexity index is 1000. The van der Waals surface area contributed by atoms with Crippen LogP contribution in [0.5, 0.6) is 11.5 Å². The van der Waals surface area contributed by atoms with Crippen molar-refractivity contribution in [2.45, 2.75) is 57.2 Å². The zero-order valence-electron chi connectivity index (χ0n) is 19.2. The van der Waals surface area contributed by atoms with E-state index in [1.807, 2.05) is 24.3 Å². The lowest BCUT2D eigenvalue weighted by Crippen LogP contribution is -2.22. The van der Waals surface area contributed by atoms with E-state index >= 15 is 0 Å². The monoisotopic (exact) mass is 450 g/mol. The second-order valence-corrected chi connectivity index (χ2v) is 8.76. The zero-order chi connectivity index (χ0) is 23.5. The van der Waals surface area contributed by atoms with Crippen LogP contribution in [0, 0.1) is 0 Å². The third kappa shape index (κ3) is 4.61. The van der Waals surface area contributed by atoms with E-state index in [2.05, 4.69) is 13.2 Å². The van der Waals surface area contributed by atoms with Crippen LogP contribution in [0.1, 0.15) is 56.1 Å². The summed E-state index contributed by atoms with van der Waals surface area (Å²) in [6.07, 6.45) is 4.84. The number of fused-ring (bicyclic) bond motifs is 6. The SMILES string of the molecule is C=CC(=O)OC(C)COc1c2c(c(OCC(C)OC(=O)C=C)c3ccccc13)C1CCC2C1. The number of rotatable bonds is 10. The predicted octanol–water partition coefficient (Wildman–Crippen LogP) is 5.20. The summed E-state index contributed by atoms with van der Waals surface area (Å²) < 4.78 is 23.2. The fourth-order valence-corrected chi connectivity index (χ4v) is 5.00. The molecule has 0 amide bonds. The maximum atomic E-state index is 11.5. The van der Waals surface area contributed by atoms with Crippen LogP contribution in [-0.2, 0) is 19.1 Å².